The second kappa shape index (κ2) is 6.28. The molecule has 128 valence electrons. The number of likely N-dealkylation sites (tertiary alicyclic amines) is 1. The second-order valence-corrected chi connectivity index (χ2v) is 6.67. The molecular weight excluding hydrogens is 306 g/mol. The van der Waals surface area contributed by atoms with E-state index in [0.717, 1.165) is 23.9 Å². The molecule has 1 aliphatic heterocycles. The number of carbonyl (C=O) groups is 1. The number of aliphatic hydroxyl groups is 1. The summed E-state index contributed by atoms with van der Waals surface area (Å²) in [6.07, 6.45) is 2.88. The second-order valence-electron chi connectivity index (χ2n) is 6.67. The molecule has 0 bridgehead atoms. The van der Waals surface area contributed by atoms with Gasteiger partial charge in [0.05, 0.1) is 23.1 Å². The highest BCUT2D eigenvalue weighted by molar-refractivity contribution is 5.78. The molecule has 0 aliphatic carbocycles. The number of hydrogen-bond donors (Lipinski definition) is 2. The molecule has 1 amide bonds. The average molecular weight is 329 g/mol. The SMILES string of the molecule is C=CC(C)(O)CC(=O)N1CCC(n2c(=O)[nH]c3ccccc32)CC1. The highest BCUT2D eigenvalue weighted by atomic mass is 16.3. The fraction of sp³-hybridized carbons (Fsp3) is 0.444. The van der Waals surface area contributed by atoms with Crippen LogP contribution < -0.4 is 5.69 Å². The van der Waals surface area contributed by atoms with Gasteiger partial charge in [0.25, 0.3) is 0 Å². The summed E-state index contributed by atoms with van der Waals surface area (Å²) in [5, 5.41) is 9.97. The first kappa shape index (κ1) is 16.5. The van der Waals surface area contributed by atoms with Gasteiger partial charge in [0.15, 0.2) is 0 Å². The van der Waals surface area contributed by atoms with Crippen molar-refractivity contribution < 1.29 is 9.90 Å². The number of aromatic nitrogens is 2. The van der Waals surface area contributed by atoms with Crippen molar-refractivity contribution in [3.05, 3.63) is 47.4 Å². The topological polar surface area (TPSA) is 78.3 Å². The third-order valence-corrected chi connectivity index (χ3v) is 4.76. The molecule has 0 saturated carbocycles. The lowest BCUT2D eigenvalue weighted by atomic mass is 9.99. The molecule has 1 aromatic carbocycles. The van der Waals surface area contributed by atoms with Gasteiger partial charge in [-0.15, -0.1) is 6.58 Å². The first-order valence-corrected chi connectivity index (χ1v) is 8.24. The first-order valence-electron chi connectivity index (χ1n) is 8.24. The lowest BCUT2D eigenvalue weighted by molar-refractivity contribution is -0.135. The number of hydrogen-bond acceptors (Lipinski definition) is 3. The Hall–Kier alpha value is -2.34. The van der Waals surface area contributed by atoms with Gasteiger partial charge in [-0.2, -0.15) is 0 Å². The molecule has 2 aromatic rings. The maximum Gasteiger partial charge on any atom is 0.326 e. The van der Waals surface area contributed by atoms with Crippen LogP contribution in [0.15, 0.2) is 41.7 Å². The van der Waals surface area contributed by atoms with Crippen LogP contribution >= 0.6 is 0 Å². The van der Waals surface area contributed by atoms with Gasteiger partial charge in [-0.25, -0.2) is 4.79 Å². The molecule has 1 saturated heterocycles. The number of piperidine rings is 1. The molecule has 24 heavy (non-hydrogen) atoms. The summed E-state index contributed by atoms with van der Waals surface area (Å²) in [4.78, 5) is 29.2. The van der Waals surface area contributed by atoms with Gasteiger partial charge in [0, 0.05) is 19.1 Å². The van der Waals surface area contributed by atoms with E-state index in [2.05, 4.69) is 11.6 Å². The van der Waals surface area contributed by atoms with Crippen molar-refractivity contribution in [2.75, 3.05) is 13.1 Å². The smallest absolute Gasteiger partial charge is 0.326 e. The molecule has 1 aromatic heterocycles. The molecule has 6 nitrogen and oxygen atoms in total. The maximum absolute atomic E-state index is 12.3. The number of imidazole rings is 1. The Bertz CT molecular complexity index is 810. The van der Waals surface area contributed by atoms with Crippen molar-refractivity contribution in [2.45, 2.75) is 37.8 Å². The molecule has 3 rings (SSSR count). The number of aromatic amines is 1. The molecule has 2 heterocycles. The minimum Gasteiger partial charge on any atom is -0.386 e. The third-order valence-electron chi connectivity index (χ3n) is 4.76. The van der Waals surface area contributed by atoms with Crippen molar-refractivity contribution in [1.29, 1.82) is 0 Å². The minimum atomic E-state index is -1.18. The number of para-hydroxylation sites is 2. The van der Waals surface area contributed by atoms with Crippen LogP contribution in [0.3, 0.4) is 0 Å². The number of H-pyrrole nitrogens is 1. The Morgan fingerprint density at radius 1 is 1.42 bits per heavy atom. The highest BCUT2D eigenvalue weighted by Gasteiger charge is 2.29. The van der Waals surface area contributed by atoms with Gasteiger partial charge in [0.2, 0.25) is 5.91 Å². The van der Waals surface area contributed by atoms with Crippen molar-refractivity contribution in [1.82, 2.24) is 14.5 Å². The fourth-order valence-corrected chi connectivity index (χ4v) is 3.30. The van der Waals surface area contributed by atoms with Gasteiger partial charge in [-0.1, -0.05) is 18.2 Å². The van der Waals surface area contributed by atoms with E-state index in [0.29, 0.717) is 13.1 Å². The van der Waals surface area contributed by atoms with E-state index in [4.69, 9.17) is 0 Å². The summed E-state index contributed by atoms with van der Waals surface area (Å²) < 4.78 is 1.80. The minimum absolute atomic E-state index is 0.0359. The van der Waals surface area contributed by atoms with Crippen LogP contribution in [-0.2, 0) is 4.79 Å². The van der Waals surface area contributed by atoms with E-state index in [1.54, 1.807) is 16.4 Å². The van der Waals surface area contributed by atoms with Crippen LogP contribution in [0.25, 0.3) is 11.0 Å². The Morgan fingerprint density at radius 3 is 2.75 bits per heavy atom. The fourth-order valence-electron chi connectivity index (χ4n) is 3.30. The van der Waals surface area contributed by atoms with Gasteiger partial charge >= 0.3 is 5.69 Å². The summed E-state index contributed by atoms with van der Waals surface area (Å²) >= 11 is 0. The van der Waals surface area contributed by atoms with E-state index in [9.17, 15) is 14.7 Å². The lowest BCUT2D eigenvalue weighted by Crippen LogP contribution is -2.43. The number of benzene rings is 1. The van der Waals surface area contributed by atoms with Gasteiger partial charge in [-0.05, 0) is 31.9 Å². The van der Waals surface area contributed by atoms with Crippen LogP contribution in [0, 0.1) is 0 Å². The normalized spacial score (nSPS) is 18.5. The summed E-state index contributed by atoms with van der Waals surface area (Å²) in [5.74, 6) is -0.0791. The van der Waals surface area contributed by atoms with E-state index < -0.39 is 5.60 Å². The molecular formula is C18H23N3O3. The van der Waals surface area contributed by atoms with Crippen molar-refractivity contribution in [3.8, 4) is 0 Å². The standard InChI is InChI=1S/C18H23N3O3/c1-3-18(2,24)12-16(22)20-10-8-13(9-11-20)21-15-7-5-4-6-14(15)19-17(21)23/h3-7,13,24H,1,8-12H2,2H3,(H,19,23). The third kappa shape index (κ3) is 3.14. The zero-order valence-corrected chi connectivity index (χ0v) is 13.9. The van der Waals surface area contributed by atoms with Gasteiger partial charge < -0.3 is 15.0 Å². The zero-order valence-electron chi connectivity index (χ0n) is 13.9. The van der Waals surface area contributed by atoms with Crippen molar-refractivity contribution in [3.63, 3.8) is 0 Å². The molecule has 2 N–H and O–H groups in total. The van der Waals surface area contributed by atoms with Crippen LogP contribution in [0.2, 0.25) is 0 Å². The number of nitrogens with one attached hydrogen (secondary N) is 1. The first-order chi connectivity index (χ1) is 11.4. The Kier molecular flexibility index (Phi) is 4.32. The Labute approximate surface area is 140 Å². The molecule has 1 fully saturated rings. The summed E-state index contributed by atoms with van der Waals surface area (Å²) in [6.45, 7) is 6.30. The lowest BCUT2D eigenvalue weighted by Gasteiger charge is -2.34. The molecule has 6 heteroatoms. The van der Waals surface area contributed by atoms with Crippen LogP contribution in [0.5, 0.6) is 0 Å². The summed E-state index contributed by atoms with van der Waals surface area (Å²) in [6, 6.07) is 7.73. The molecule has 1 atom stereocenters. The number of nitrogens with zero attached hydrogens (tertiary/aromatic N) is 2. The monoisotopic (exact) mass is 329 g/mol. The van der Waals surface area contributed by atoms with E-state index >= 15 is 0 Å². The summed E-state index contributed by atoms with van der Waals surface area (Å²) in [7, 11) is 0. The molecule has 1 aliphatic rings. The number of rotatable bonds is 4. The quantitative estimate of drug-likeness (QED) is 0.840. The Morgan fingerprint density at radius 2 is 2.08 bits per heavy atom. The van der Waals surface area contributed by atoms with E-state index in [-0.39, 0.29) is 24.1 Å². The molecule has 1 unspecified atom stereocenters. The summed E-state index contributed by atoms with van der Waals surface area (Å²) in [5.41, 5.74) is 0.460. The maximum atomic E-state index is 12.3. The number of amides is 1. The molecule has 0 radical (unpaired) electrons. The average Bonchev–Trinajstić information content (AvgIpc) is 2.90. The number of fused-ring (bicyclic) bond motifs is 1. The van der Waals surface area contributed by atoms with Gasteiger partial charge in [-0.3, -0.25) is 9.36 Å². The van der Waals surface area contributed by atoms with Gasteiger partial charge in [0.1, 0.15) is 0 Å². The van der Waals surface area contributed by atoms with Crippen LogP contribution in [0.1, 0.15) is 32.2 Å². The highest BCUT2D eigenvalue weighted by Crippen LogP contribution is 2.25. The van der Waals surface area contributed by atoms with Crippen molar-refractivity contribution >= 4 is 16.9 Å². The Balaban J connectivity index is 1.71. The van der Waals surface area contributed by atoms with E-state index in [1.165, 1.54) is 6.08 Å². The zero-order chi connectivity index (χ0) is 17.3. The predicted octanol–water partition coefficient (Wildman–Crippen LogP) is 1.82. The van der Waals surface area contributed by atoms with Crippen LogP contribution in [-0.4, -0.2) is 44.2 Å². The largest absolute Gasteiger partial charge is 0.386 e. The number of carbonyl (C=O) groups excluding carboxylic acids is 1. The van der Waals surface area contributed by atoms with Crippen molar-refractivity contribution in [2.24, 2.45) is 0 Å². The molecule has 0 spiro atoms. The van der Waals surface area contributed by atoms with E-state index in [1.807, 2.05) is 24.3 Å². The predicted molar refractivity (Wildman–Crippen MR) is 92.8 cm³/mol. The van der Waals surface area contributed by atoms with Crippen LogP contribution in [0.4, 0.5) is 0 Å².